The van der Waals surface area contributed by atoms with Gasteiger partial charge in [0, 0.05) is 34.6 Å². The van der Waals surface area contributed by atoms with Crippen LogP contribution in [0, 0.1) is 0 Å². The Hall–Kier alpha value is -3.28. The summed E-state index contributed by atoms with van der Waals surface area (Å²) >= 11 is 0. The van der Waals surface area contributed by atoms with Gasteiger partial charge in [-0.2, -0.15) is 13.2 Å². The van der Waals surface area contributed by atoms with Crippen LogP contribution in [0.2, 0.25) is 0 Å². The molecule has 0 fully saturated rings. The highest BCUT2D eigenvalue weighted by Crippen LogP contribution is 2.43. The molecule has 0 saturated heterocycles. The number of pyridine rings is 1. The first kappa shape index (κ1) is 15.9. The standard InChI is InChI=1S/C21H14F3N3/c22-21(23,24)13-7-5-12(6-8-13)19-16-11-26-20-18(16)15(9-10-25-20)14-3-1-2-4-17(14)27-19/h1-11,19,27H,(H,25,26). The average molecular weight is 365 g/mol. The molecule has 2 N–H and O–H groups in total. The number of aromatic amines is 1. The number of para-hydroxylation sites is 1. The lowest BCUT2D eigenvalue weighted by molar-refractivity contribution is -0.137. The average Bonchev–Trinajstić information content (AvgIpc) is 3.03. The van der Waals surface area contributed by atoms with Gasteiger partial charge in [-0.05, 0) is 35.4 Å². The van der Waals surface area contributed by atoms with Crippen LogP contribution >= 0.6 is 0 Å². The molecule has 1 aliphatic rings. The van der Waals surface area contributed by atoms with Crippen LogP contribution in [0.5, 0.6) is 0 Å². The third-order valence-corrected chi connectivity index (χ3v) is 5.00. The second-order valence-corrected chi connectivity index (χ2v) is 6.57. The molecule has 0 amide bonds. The number of H-pyrrole nitrogens is 1. The fraction of sp³-hybridized carbons (Fsp3) is 0.0952. The van der Waals surface area contributed by atoms with Crippen molar-refractivity contribution < 1.29 is 13.2 Å². The Labute approximate surface area is 152 Å². The number of hydrogen-bond acceptors (Lipinski definition) is 2. The van der Waals surface area contributed by atoms with Gasteiger partial charge in [0.1, 0.15) is 5.65 Å². The maximum absolute atomic E-state index is 12.9. The number of fused-ring (bicyclic) bond motifs is 2. The van der Waals surface area contributed by atoms with Gasteiger partial charge >= 0.3 is 6.18 Å². The van der Waals surface area contributed by atoms with Crippen molar-refractivity contribution in [2.75, 3.05) is 5.32 Å². The van der Waals surface area contributed by atoms with E-state index in [9.17, 15) is 13.2 Å². The highest BCUT2D eigenvalue weighted by Gasteiger charge is 2.31. The summed E-state index contributed by atoms with van der Waals surface area (Å²) in [4.78, 5) is 7.58. The second kappa shape index (κ2) is 5.61. The van der Waals surface area contributed by atoms with Crippen molar-refractivity contribution in [1.29, 1.82) is 0 Å². The molecule has 1 unspecified atom stereocenters. The lowest BCUT2D eigenvalue weighted by Crippen LogP contribution is -2.12. The molecule has 27 heavy (non-hydrogen) atoms. The molecule has 3 nitrogen and oxygen atoms in total. The van der Waals surface area contributed by atoms with Gasteiger partial charge in [0.2, 0.25) is 0 Å². The van der Waals surface area contributed by atoms with Gasteiger partial charge in [0.05, 0.1) is 11.6 Å². The second-order valence-electron chi connectivity index (χ2n) is 6.57. The van der Waals surface area contributed by atoms with E-state index in [1.807, 2.05) is 36.5 Å². The molecule has 1 atom stereocenters. The summed E-state index contributed by atoms with van der Waals surface area (Å²) in [5.41, 5.74) is 4.86. The smallest absolute Gasteiger partial charge is 0.374 e. The Morgan fingerprint density at radius 2 is 1.67 bits per heavy atom. The lowest BCUT2D eigenvalue weighted by atomic mass is 9.96. The number of halogens is 3. The molecular formula is C21H14F3N3. The van der Waals surface area contributed by atoms with Gasteiger partial charge in [0.15, 0.2) is 0 Å². The zero-order valence-corrected chi connectivity index (χ0v) is 14.0. The molecule has 0 aliphatic carbocycles. The largest absolute Gasteiger partial charge is 0.416 e. The highest BCUT2D eigenvalue weighted by molar-refractivity contribution is 6.01. The van der Waals surface area contributed by atoms with Gasteiger partial charge in [-0.15, -0.1) is 0 Å². The minimum Gasteiger partial charge on any atom is -0.374 e. The number of rotatable bonds is 1. The quantitative estimate of drug-likeness (QED) is 0.450. The molecule has 3 heterocycles. The first-order chi connectivity index (χ1) is 13.0. The van der Waals surface area contributed by atoms with E-state index in [0.717, 1.165) is 51.1 Å². The molecule has 0 saturated carbocycles. The molecule has 0 radical (unpaired) electrons. The molecule has 0 spiro atoms. The van der Waals surface area contributed by atoms with E-state index in [1.165, 1.54) is 12.1 Å². The van der Waals surface area contributed by atoms with E-state index in [-0.39, 0.29) is 6.04 Å². The number of nitrogens with one attached hydrogen (secondary N) is 2. The Kier molecular flexibility index (Phi) is 3.31. The number of hydrogen-bond donors (Lipinski definition) is 2. The maximum Gasteiger partial charge on any atom is 0.416 e. The monoisotopic (exact) mass is 365 g/mol. The maximum atomic E-state index is 12.9. The van der Waals surface area contributed by atoms with Crippen molar-refractivity contribution in [2.45, 2.75) is 12.2 Å². The van der Waals surface area contributed by atoms with E-state index < -0.39 is 11.7 Å². The molecule has 134 valence electrons. The number of alkyl halides is 3. The first-order valence-electron chi connectivity index (χ1n) is 8.51. The van der Waals surface area contributed by atoms with E-state index in [0.29, 0.717) is 0 Å². The molecule has 2 aromatic heterocycles. The van der Waals surface area contributed by atoms with Crippen molar-refractivity contribution in [2.24, 2.45) is 0 Å². The Balaban J connectivity index is 1.72. The summed E-state index contributed by atoms with van der Waals surface area (Å²) in [6.45, 7) is 0. The van der Waals surface area contributed by atoms with E-state index in [4.69, 9.17) is 0 Å². The minimum absolute atomic E-state index is 0.285. The van der Waals surface area contributed by atoms with Crippen LogP contribution in [0.3, 0.4) is 0 Å². The predicted octanol–water partition coefficient (Wildman–Crippen LogP) is 5.76. The minimum atomic E-state index is -4.35. The molecular weight excluding hydrogens is 351 g/mol. The van der Waals surface area contributed by atoms with Crippen LogP contribution in [0.15, 0.2) is 67.0 Å². The summed E-state index contributed by atoms with van der Waals surface area (Å²) in [6.07, 6.45) is -0.713. The Morgan fingerprint density at radius 1 is 0.889 bits per heavy atom. The Bertz CT molecular complexity index is 1140. The number of nitrogens with zero attached hydrogens (tertiary/aromatic N) is 1. The zero-order valence-electron chi connectivity index (χ0n) is 14.0. The number of aromatic nitrogens is 2. The molecule has 0 bridgehead atoms. The summed E-state index contributed by atoms with van der Waals surface area (Å²) in [7, 11) is 0. The van der Waals surface area contributed by atoms with Crippen molar-refractivity contribution >= 4 is 16.7 Å². The molecule has 4 aromatic rings. The summed E-state index contributed by atoms with van der Waals surface area (Å²) in [5.74, 6) is 0. The first-order valence-corrected chi connectivity index (χ1v) is 8.51. The van der Waals surface area contributed by atoms with E-state index >= 15 is 0 Å². The number of benzene rings is 2. The molecule has 5 rings (SSSR count). The normalized spacial score (nSPS) is 15.9. The summed E-state index contributed by atoms with van der Waals surface area (Å²) in [5, 5.41) is 4.48. The van der Waals surface area contributed by atoms with E-state index in [1.54, 1.807) is 6.20 Å². The van der Waals surface area contributed by atoms with Crippen LogP contribution in [0.25, 0.3) is 22.2 Å². The molecule has 1 aliphatic heterocycles. The third-order valence-electron chi connectivity index (χ3n) is 5.00. The summed E-state index contributed by atoms with van der Waals surface area (Å²) < 4.78 is 38.8. The lowest BCUT2D eigenvalue weighted by Gasteiger charge is -2.20. The van der Waals surface area contributed by atoms with Crippen LogP contribution in [0.1, 0.15) is 22.7 Å². The third kappa shape index (κ3) is 2.48. The number of anilines is 1. The highest BCUT2D eigenvalue weighted by atomic mass is 19.4. The Morgan fingerprint density at radius 3 is 2.44 bits per heavy atom. The zero-order chi connectivity index (χ0) is 18.6. The van der Waals surface area contributed by atoms with E-state index in [2.05, 4.69) is 15.3 Å². The van der Waals surface area contributed by atoms with Crippen molar-refractivity contribution in [3.8, 4) is 11.1 Å². The van der Waals surface area contributed by atoms with Gasteiger partial charge in [-0.3, -0.25) is 0 Å². The topological polar surface area (TPSA) is 40.7 Å². The van der Waals surface area contributed by atoms with Crippen LogP contribution in [0.4, 0.5) is 18.9 Å². The fourth-order valence-electron chi connectivity index (χ4n) is 3.74. The van der Waals surface area contributed by atoms with Crippen LogP contribution < -0.4 is 5.32 Å². The van der Waals surface area contributed by atoms with Crippen molar-refractivity contribution in [3.05, 3.63) is 83.7 Å². The SMILES string of the molecule is FC(F)(F)c1ccc(C2Nc3ccccc3-c3ccnc4[nH]cc2c34)cc1. The summed E-state index contributed by atoms with van der Waals surface area (Å²) in [6, 6.07) is 14.9. The molecule has 2 aromatic carbocycles. The van der Waals surface area contributed by atoms with Crippen molar-refractivity contribution in [1.82, 2.24) is 9.97 Å². The van der Waals surface area contributed by atoms with Gasteiger partial charge in [-0.1, -0.05) is 30.3 Å². The van der Waals surface area contributed by atoms with Crippen LogP contribution in [-0.4, -0.2) is 9.97 Å². The van der Waals surface area contributed by atoms with Gasteiger partial charge in [0.25, 0.3) is 0 Å². The van der Waals surface area contributed by atoms with Crippen LogP contribution in [-0.2, 0) is 6.18 Å². The van der Waals surface area contributed by atoms with Gasteiger partial charge < -0.3 is 10.3 Å². The van der Waals surface area contributed by atoms with Crippen molar-refractivity contribution in [3.63, 3.8) is 0 Å². The molecule has 6 heteroatoms. The predicted molar refractivity (Wildman–Crippen MR) is 98.4 cm³/mol. The van der Waals surface area contributed by atoms with Gasteiger partial charge in [-0.25, -0.2) is 4.98 Å². The fourth-order valence-corrected chi connectivity index (χ4v) is 3.74.